The lowest BCUT2D eigenvalue weighted by Crippen LogP contribution is -2.32. The second-order valence-electron chi connectivity index (χ2n) is 7.32. The molecule has 1 aromatic heterocycles. The maximum Gasteiger partial charge on any atom is 0.339 e. The summed E-state index contributed by atoms with van der Waals surface area (Å²) in [6.07, 6.45) is 3.84. The molecule has 138 valence electrons. The Bertz CT molecular complexity index is 1090. The van der Waals surface area contributed by atoms with Gasteiger partial charge in [-0.2, -0.15) is 0 Å². The van der Waals surface area contributed by atoms with E-state index in [1.807, 2.05) is 23.1 Å². The van der Waals surface area contributed by atoms with Crippen LogP contribution in [0.3, 0.4) is 0 Å². The molecular weight excluding hydrogens is 345 g/mol. The van der Waals surface area contributed by atoms with Crippen LogP contribution in [0.2, 0.25) is 0 Å². The van der Waals surface area contributed by atoms with Crippen molar-refractivity contribution in [2.75, 3.05) is 6.73 Å². The number of ether oxygens (including phenoxy) is 1. The molecule has 0 saturated heterocycles. The topological polar surface area (TPSA) is 42.7 Å². The van der Waals surface area contributed by atoms with Gasteiger partial charge in [0.1, 0.15) is 23.9 Å². The number of hydrogen-bond acceptors (Lipinski definition) is 4. The van der Waals surface area contributed by atoms with Crippen LogP contribution < -0.4 is 10.4 Å². The smallest absolute Gasteiger partial charge is 0.339 e. The predicted octanol–water partition coefficient (Wildman–Crippen LogP) is 4.16. The first-order chi connectivity index (χ1) is 13.2. The molecular formula is C22H20FNO3. The number of halogens is 1. The molecule has 1 aliphatic heterocycles. The molecule has 0 unspecified atom stereocenters. The van der Waals surface area contributed by atoms with Gasteiger partial charge < -0.3 is 9.15 Å². The monoisotopic (exact) mass is 365 g/mol. The molecule has 0 fully saturated rings. The van der Waals surface area contributed by atoms with Gasteiger partial charge in [-0.25, -0.2) is 9.18 Å². The zero-order valence-electron chi connectivity index (χ0n) is 15.0. The summed E-state index contributed by atoms with van der Waals surface area (Å²) in [5.41, 5.74) is 3.85. The predicted molar refractivity (Wildman–Crippen MR) is 100 cm³/mol. The summed E-state index contributed by atoms with van der Waals surface area (Å²) in [6, 6.07) is 10.7. The molecule has 2 aliphatic rings. The lowest BCUT2D eigenvalue weighted by atomic mass is 9.90. The highest BCUT2D eigenvalue weighted by Gasteiger charge is 2.25. The Hall–Kier alpha value is -2.66. The Morgan fingerprint density at radius 1 is 1.00 bits per heavy atom. The number of benzene rings is 2. The van der Waals surface area contributed by atoms with Crippen molar-refractivity contribution in [3.05, 3.63) is 74.9 Å². The van der Waals surface area contributed by atoms with Gasteiger partial charge >= 0.3 is 5.63 Å². The number of hydrogen-bond donors (Lipinski definition) is 0. The van der Waals surface area contributed by atoms with Gasteiger partial charge in [-0.3, -0.25) is 4.90 Å². The Morgan fingerprint density at radius 2 is 1.81 bits per heavy atom. The van der Waals surface area contributed by atoms with Crippen LogP contribution in [0.15, 0.2) is 45.6 Å². The summed E-state index contributed by atoms with van der Waals surface area (Å²) in [6.45, 7) is 1.38. The van der Waals surface area contributed by atoms with Crippen molar-refractivity contribution < 1.29 is 13.5 Å². The molecule has 0 N–H and O–H groups in total. The van der Waals surface area contributed by atoms with Crippen molar-refractivity contribution in [1.82, 2.24) is 4.90 Å². The third-order valence-corrected chi connectivity index (χ3v) is 5.59. The van der Waals surface area contributed by atoms with E-state index in [4.69, 9.17) is 9.15 Å². The molecule has 0 saturated carbocycles. The SMILES string of the molecule is O=c1oc2c3c(ccc2c2c1CCCC2)OCN(Cc1ccccc1F)C3. The molecule has 4 nitrogen and oxygen atoms in total. The zero-order chi connectivity index (χ0) is 18.4. The first-order valence-corrected chi connectivity index (χ1v) is 9.40. The average molecular weight is 365 g/mol. The molecule has 5 heteroatoms. The normalized spacial score (nSPS) is 16.6. The van der Waals surface area contributed by atoms with E-state index in [1.165, 1.54) is 6.07 Å². The molecule has 2 heterocycles. The van der Waals surface area contributed by atoms with Crippen molar-refractivity contribution in [2.24, 2.45) is 0 Å². The molecule has 0 atom stereocenters. The van der Waals surface area contributed by atoms with E-state index in [1.54, 1.807) is 12.1 Å². The van der Waals surface area contributed by atoms with Crippen LogP contribution in [0.25, 0.3) is 11.0 Å². The van der Waals surface area contributed by atoms with Gasteiger partial charge in [-0.15, -0.1) is 0 Å². The number of fused-ring (bicyclic) bond motifs is 5. The Morgan fingerprint density at radius 3 is 2.67 bits per heavy atom. The Balaban J connectivity index is 1.56. The summed E-state index contributed by atoms with van der Waals surface area (Å²) < 4.78 is 25.6. The quantitative estimate of drug-likeness (QED) is 0.640. The highest BCUT2D eigenvalue weighted by Crippen LogP contribution is 2.36. The second-order valence-corrected chi connectivity index (χ2v) is 7.32. The van der Waals surface area contributed by atoms with Crippen LogP contribution in [0.1, 0.15) is 35.1 Å². The van der Waals surface area contributed by atoms with E-state index < -0.39 is 0 Å². The molecule has 0 bridgehead atoms. The van der Waals surface area contributed by atoms with Crippen LogP contribution in [0.5, 0.6) is 5.75 Å². The minimum absolute atomic E-state index is 0.221. The second kappa shape index (κ2) is 6.50. The molecule has 3 aromatic rings. The van der Waals surface area contributed by atoms with Crippen LogP contribution in [0.4, 0.5) is 4.39 Å². The third kappa shape index (κ3) is 2.82. The summed E-state index contributed by atoms with van der Waals surface area (Å²) in [4.78, 5) is 14.5. The van der Waals surface area contributed by atoms with Crippen molar-refractivity contribution in [2.45, 2.75) is 38.8 Å². The summed E-state index contributed by atoms with van der Waals surface area (Å²) in [5.74, 6) is 0.521. The number of nitrogens with zero attached hydrogens (tertiary/aromatic N) is 1. The minimum Gasteiger partial charge on any atom is -0.478 e. The van der Waals surface area contributed by atoms with Crippen LogP contribution in [0, 0.1) is 5.82 Å². The summed E-state index contributed by atoms with van der Waals surface area (Å²) in [5, 5.41) is 1.01. The van der Waals surface area contributed by atoms with Crippen molar-refractivity contribution in [3.63, 3.8) is 0 Å². The molecule has 27 heavy (non-hydrogen) atoms. The molecule has 5 rings (SSSR count). The average Bonchev–Trinajstić information content (AvgIpc) is 2.70. The number of rotatable bonds is 2. The number of aryl methyl sites for hydroxylation is 1. The van der Waals surface area contributed by atoms with Gasteiger partial charge in [-0.1, -0.05) is 18.2 Å². The first kappa shape index (κ1) is 16.5. The maximum atomic E-state index is 14.0. The van der Waals surface area contributed by atoms with Gasteiger partial charge in [0.05, 0.1) is 5.56 Å². The highest BCUT2D eigenvalue weighted by atomic mass is 19.1. The lowest BCUT2D eigenvalue weighted by molar-refractivity contribution is 0.0879. The molecule has 0 spiro atoms. The largest absolute Gasteiger partial charge is 0.478 e. The Kier molecular flexibility index (Phi) is 3.97. The van der Waals surface area contributed by atoms with E-state index in [-0.39, 0.29) is 11.4 Å². The van der Waals surface area contributed by atoms with Gasteiger partial charge in [0, 0.05) is 29.6 Å². The molecule has 0 amide bonds. The van der Waals surface area contributed by atoms with Gasteiger partial charge in [0.15, 0.2) is 0 Å². The molecule has 2 aromatic carbocycles. The van der Waals surface area contributed by atoms with E-state index >= 15 is 0 Å². The van der Waals surface area contributed by atoms with Gasteiger partial charge in [-0.05, 0) is 49.4 Å². The van der Waals surface area contributed by atoms with Crippen LogP contribution in [-0.4, -0.2) is 11.6 Å². The maximum absolute atomic E-state index is 14.0. The first-order valence-electron chi connectivity index (χ1n) is 9.40. The third-order valence-electron chi connectivity index (χ3n) is 5.59. The van der Waals surface area contributed by atoms with Crippen molar-refractivity contribution in [1.29, 1.82) is 0 Å². The van der Waals surface area contributed by atoms with Crippen molar-refractivity contribution >= 4 is 11.0 Å². The van der Waals surface area contributed by atoms with E-state index in [0.29, 0.717) is 31.0 Å². The summed E-state index contributed by atoms with van der Waals surface area (Å²) in [7, 11) is 0. The van der Waals surface area contributed by atoms with E-state index in [0.717, 1.165) is 53.5 Å². The fourth-order valence-electron chi connectivity index (χ4n) is 4.23. The fraction of sp³-hybridized carbons (Fsp3) is 0.318. The van der Waals surface area contributed by atoms with Gasteiger partial charge in [0.2, 0.25) is 0 Å². The van der Waals surface area contributed by atoms with Crippen molar-refractivity contribution in [3.8, 4) is 5.75 Å². The highest BCUT2D eigenvalue weighted by molar-refractivity contribution is 5.86. The molecule has 0 radical (unpaired) electrons. The zero-order valence-corrected chi connectivity index (χ0v) is 15.0. The standard InChI is InChI=1S/C22H20FNO3/c23-19-8-4-1-5-14(19)11-24-12-18-20(26-13-24)10-9-16-15-6-2-3-7-17(15)22(25)27-21(16)18/h1,4-5,8-10H,2-3,6-7,11-13H2. The van der Waals surface area contributed by atoms with E-state index in [2.05, 4.69) is 0 Å². The molecule has 1 aliphatic carbocycles. The van der Waals surface area contributed by atoms with Gasteiger partial charge in [0.25, 0.3) is 0 Å². The lowest BCUT2D eigenvalue weighted by Gasteiger charge is -2.30. The fourth-order valence-corrected chi connectivity index (χ4v) is 4.23. The van der Waals surface area contributed by atoms with Crippen LogP contribution >= 0.6 is 0 Å². The Labute approximate surface area is 156 Å². The van der Waals surface area contributed by atoms with E-state index in [9.17, 15) is 9.18 Å². The van der Waals surface area contributed by atoms with Crippen LogP contribution in [-0.2, 0) is 25.9 Å². The summed E-state index contributed by atoms with van der Waals surface area (Å²) >= 11 is 0. The minimum atomic E-state index is -0.225.